The van der Waals surface area contributed by atoms with Gasteiger partial charge >= 0.3 is 0 Å². The number of aryl methyl sites for hydroxylation is 1. The minimum absolute atomic E-state index is 0.0972. The highest BCUT2D eigenvalue weighted by molar-refractivity contribution is 5.93. The number of carbonyl (C=O) groups excluding carboxylic acids is 1. The molecule has 1 saturated heterocycles. The van der Waals surface area contributed by atoms with Crippen molar-refractivity contribution in [3.05, 3.63) is 29.3 Å². The maximum absolute atomic E-state index is 12.2. The molecule has 0 radical (unpaired) electrons. The Labute approximate surface area is 122 Å². The van der Waals surface area contributed by atoms with E-state index in [1.807, 2.05) is 12.1 Å². The highest BCUT2D eigenvalue weighted by Crippen LogP contribution is 2.21. The SMILES string of the molecule is Cc1cccc(NC(=O)CN2C[C@@H](C)C[C@H](C)C2)c1C. The lowest BCUT2D eigenvalue weighted by atomic mass is 9.92. The molecule has 1 aromatic rings. The van der Waals surface area contributed by atoms with Crippen LogP contribution in [0.1, 0.15) is 31.4 Å². The standard InChI is InChI=1S/C17H26N2O/c1-12-8-13(2)10-19(9-12)11-17(20)18-16-7-5-6-14(3)15(16)4/h5-7,12-13H,8-11H2,1-4H3,(H,18,20)/t12-,13-/m0/s1. The van der Waals surface area contributed by atoms with Crippen LogP contribution in [0.15, 0.2) is 18.2 Å². The van der Waals surface area contributed by atoms with Crippen LogP contribution in [0.25, 0.3) is 0 Å². The summed E-state index contributed by atoms with van der Waals surface area (Å²) in [5.41, 5.74) is 3.30. The number of rotatable bonds is 3. The number of hydrogen-bond donors (Lipinski definition) is 1. The van der Waals surface area contributed by atoms with E-state index in [0.29, 0.717) is 18.4 Å². The van der Waals surface area contributed by atoms with Gasteiger partial charge in [0.25, 0.3) is 0 Å². The summed E-state index contributed by atoms with van der Waals surface area (Å²) in [6, 6.07) is 6.03. The largest absolute Gasteiger partial charge is 0.325 e. The fourth-order valence-corrected chi connectivity index (χ4v) is 3.20. The molecule has 20 heavy (non-hydrogen) atoms. The summed E-state index contributed by atoms with van der Waals surface area (Å²) in [5, 5.41) is 3.05. The Balaban J connectivity index is 1.94. The van der Waals surface area contributed by atoms with Gasteiger partial charge < -0.3 is 5.32 Å². The maximum Gasteiger partial charge on any atom is 0.238 e. The number of nitrogens with zero attached hydrogens (tertiary/aromatic N) is 1. The van der Waals surface area contributed by atoms with Gasteiger partial charge in [-0.2, -0.15) is 0 Å². The molecule has 3 nitrogen and oxygen atoms in total. The van der Waals surface area contributed by atoms with Crippen LogP contribution in [-0.4, -0.2) is 30.4 Å². The Bertz CT molecular complexity index is 474. The normalized spacial score (nSPS) is 23.6. The molecule has 2 atom stereocenters. The third-order valence-electron chi connectivity index (χ3n) is 4.19. The number of likely N-dealkylation sites (tertiary alicyclic amines) is 1. The molecule has 1 aliphatic rings. The Morgan fingerprint density at radius 3 is 2.55 bits per heavy atom. The van der Waals surface area contributed by atoms with E-state index in [2.05, 4.69) is 44.0 Å². The first-order chi connectivity index (χ1) is 9.45. The average Bonchev–Trinajstić information content (AvgIpc) is 2.33. The van der Waals surface area contributed by atoms with Crippen molar-refractivity contribution in [2.45, 2.75) is 34.1 Å². The number of piperidine rings is 1. The molecule has 1 N–H and O–H groups in total. The van der Waals surface area contributed by atoms with Crippen LogP contribution in [-0.2, 0) is 4.79 Å². The first-order valence-corrected chi connectivity index (χ1v) is 7.54. The molecule has 3 heteroatoms. The molecule has 1 aliphatic heterocycles. The van der Waals surface area contributed by atoms with Gasteiger partial charge in [-0.25, -0.2) is 0 Å². The van der Waals surface area contributed by atoms with Crippen molar-refractivity contribution in [2.24, 2.45) is 11.8 Å². The topological polar surface area (TPSA) is 32.3 Å². The Morgan fingerprint density at radius 2 is 1.90 bits per heavy atom. The van der Waals surface area contributed by atoms with Crippen molar-refractivity contribution in [3.8, 4) is 0 Å². The monoisotopic (exact) mass is 274 g/mol. The highest BCUT2D eigenvalue weighted by Gasteiger charge is 2.23. The lowest BCUT2D eigenvalue weighted by Gasteiger charge is -2.34. The summed E-state index contributed by atoms with van der Waals surface area (Å²) in [5.74, 6) is 1.47. The summed E-state index contributed by atoms with van der Waals surface area (Å²) in [6.45, 7) is 11.2. The fraction of sp³-hybridized carbons (Fsp3) is 0.588. The van der Waals surface area contributed by atoms with Crippen molar-refractivity contribution in [2.75, 3.05) is 25.0 Å². The van der Waals surface area contributed by atoms with Crippen LogP contribution < -0.4 is 5.32 Å². The number of hydrogen-bond acceptors (Lipinski definition) is 2. The van der Waals surface area contributed by atoms with Crippen LogP contribution >= 0.6 is 0 Å². The number of benzene rings is 1. The first kappa shape index (κ1) is 15.0. The van der Waals surface area contributed by atoms with Crippen LogP contribution in [0.2, 0.25) is 0 Å². The van der Waals surface area contributed by atoms with Gasteiger partial charge in [-0.3, -0.25) is 9.69 Å². The summed E-state index contributed by atoms with van der Waals surface area (Å²) < 4.78 is 0. The zero-order valence-corrected chi connectivity index (χ0v) is 13.1. The zero-order chi connectivity index (χ0) is 14.7. The summed E-state index contributed by atoms with van der Waals surface area (Å²) in [7, 11) is 0. The third kappa shape index (κ3) is 3.83. The number of nitrogens with one attached hydrogen (secondary N) is 1. The fourth-order valence-electron chi connectivity index (χ4n) is 3.20. The van der Waals surface area contributed by atoms with Gasteiger partial charge in [0, 0.05) is 18.8 Å². The van der Waals surface area contributed by atoms with Crippen LogP contribution in [0.3, 0.4) is 0 Å². The molecule has 1 aromatic carbocycles. The van der Waals surface area contributed by atoms with Crippen molar-refractivity contribution in [1.82, 2.24) is 4.90 Å². The van der Waals surface area contributed by atoms with Crippen molar-refractivity contribution >= 4 is 11.6 Å². The Hall–Kier alpha value is -1.35. The second-order valence-electron chi connectivity index (χ2n) is 6.44. The third-order valence-corrected chi connectivity index (χ3v) is 4.19. The van der Waals surface area contributed by atoms with E-state index in [0.717, 1.165) is 24.3 Å². The van der Waals surface area contributed by atoms with E-state index in [9.17, 15) is 4.79 Å². The molecule has 1 heterocycles. The van der Waals surface area contributed by atoms with E-state index >= 15 is 0 Å². The molecule has 2 rings (SSSR count). The van der Waals surface area contributed by atoms with Gasteiger partial charge in [0.15, 0.2) is 0 Å². The smallest absolute Gasteiger partial charge is 0.238 e. The van der Waals surface area contributed by atoms with Crippen molar-refractivity contribution in [3.63, 3.8) is 0 Å². The molecular formula is C17H26N2O. The van der Waals surface area contributed by atoms with Gasteiger partial charge in [0.05, 0.1) is 6.54 Å². The maximum atomic E-state index is 12.2. The number of carbonyl (C=O) groups is 1. The molecule has 0 unspecified atom stereocenters. The summed E-state index contributed by atoms with van der Waals surface area (Å²) in [4.78, 5) is 14.5. The highest BCUT2D eigenvalue weighted by atomic mass is 16.2. The van der Waals surface area contributed by atoms with Crippen LogP contribution in [0.5, 0.6) is 0 Å². The molecule has 0 bridgehead atoms. The molecule has 1 fully saturated rings. The Morgan fingerprint density at radius 1 is 1.25 bits per heavy atom. The number of amides is 1. The molecule has 0 spiro atoms. The second kappa shape index (κ2) is 6.40. The average molecular weight is 274 g/mol. The minimum Gasteiger partial charge on any atom is -0.325 e. The number of anilines is 1. The van der Waals surface area contributed by atoms with Crippen molar-refractivity contribution < 1.29 is 4.79 Å². The molecule has 110 valence electrons. The van der Waals surface area contributed by atoms with E-state index < -0.39 is 0 Å². The van der Waals surface area contributed by atoms with Crippen molar-refractivity contribution in [1.29, 1.82) is 0 Å². The van der Waals surface area contributed by atoms with Gasteiger partial charge in [0.2, 0.25) is 5.91 Å². The van der Waals surface area contributed by atoms with Crippen LogP contribution in [0.4, 0.5) is 5.69 Å². The second-order valence-corrected chi connectivity index (χ2v) is 6.44. The first-order valence-electron chi connectivity index (χ1n) is 7.54. The molecule has 1 amide bonds. The van der Waals surface area contributed by atoms with E-state index in [1.165, 1.54) is 12.0 Å². The van der Waals surface area contributed by atoms with E-state index in [-0.39, 0.29) is 5.91 Å². The Kier molecular flexibility index (Phi) is 4.81. The lowest BCUT2D eigenvalue weighted by molar-refractivity contribution is -0.117. The van der Waals surface area contributed by atoms with E-state index in [4.69, 9.17) is 0 Å². The van der Waals surface area contributed by atoms with Gasteiger partial charge in [-0.15, -0.1) is 0 Å². The summed E-state index contributed by atoms with van der Waals surface area (Å²) >= 11 is 0. The quantitative estimate of drug-likeness (QED) is 0.918. The van der Waals surface area contributed by atoms with Gasteiger partial charge in [-0.05, 0) is 49.3 Å². The predicted octanol–water partition coefficient (Wildman–Crippen LogP) is 3.22. The summed E-state index contributed by atoms with van der Waals surface area (Å²) in [6.07, 6.45) is 1.27. The molecule has 0 saturated carbocycles. The lowest BCUT2D eigenvalue weighted by Crippen LogP contribution is -2.42. The molecule has 0 aliphatic carbocycles. The van der Waals surface area contributed by atoms with E-state index in [1.54, 1.807) is 0 Å². The van der Waals surface area contributed by atoms with Gasteiger partial charge in [-0.1, -0.05) is 26.0 Å². The predicted molar refractivity (Wildman–Crippen MR) is 83.9 cm³/mol. The minimum atomic E-state index is 0.0972. The molecular weight excluding hydrogens is 248 g/mol. The van der Waals surface area contributed by atoms with Crippen LogP contribution in [0, 0.1) is 25.7 Å². The molecule has 0 aromatic heterocycles. The zero-order valence-electron chi connectivity index (χ0n) is 13.1. The van der Waals surface area contributed by atoms with Gasteiger partial charge in [0.1, 0.15) is 0 Å².